The highest BCUT2D eigenvalue weighted by atomic mass is 32.2. The fourth-order valence-corrected chi connectivity index (χ4v) is 5.70. The van der Waals surface area contributed by atoms with Crippen LogP contribution < -0.4 is 4.90 Å². The van der Waals surface area contributed by atoms with Gasteiger partial charge in [0.05, 0.1) is 4.92 Å². The van der Waals surface area contributed by atoms with Crippen LogP contribution in [-0.2, 0) is 16.4 Å². The lowest BCUT2D eigenvalue weighted by atomic mass is 10.2. The predicted molar refractivity (Wildman–Crippen MR) is 131 cm³/mol. The Morgan fingerprint density at radius 3 is 2.51 bits per heavy atom. The Hall–Kier alpha value is -3.90. The Morgan fingerprint density at radius 2 is 1.83 bits per heavy atom. The molecule has 180 valence electrons. The number of hydrogen-bond acceptors (Lipinski definition) is 8. The number of benzene rings is 1. The Balaban J connectivity index is 1.37. The van der Waals surface area contributed by atoms with Gasteiger partial charge in [0.2, 0.25) is 10.0 Å². The largest absolute Gasteiger partial charge is 0.354 e. The van der Waals surface area contributed by atoms with E-state index in [4.69, 9.17) is 4.98 Å². The SMILES string of the molecule is CCc1cc(N2CCN(S(=O)(=O)c3c[nH]c4ncccc34)CC2)nc(-c2ccc([N+](=O)[O-])cc2)n1. The van der Waals surface area contributed by atoms with Gasteiger partial charge in [-0.3, -0.25) is 10.1 Å². The van der Waals surface area contributed by atoms with Crippen LogP contribution >= 0.6 is 0 Å². The van der Waals surface area contributed by atoms with Gasteiger partial charge in [-0.2, -0.15) is 4.31 Å². The molecule has 0 aliphatic carbocycles. The molecule has 0 atom stereocenters. The molecule has 0 bridgehead atoms. The zero-order valence-corrected chi connectivity index (χ0v) is 19.8. The topological polar surface area (TPSA) is 138 Å². The standard InChI is InChI=1S/C23H23N7O4S/c1-2-17-14-21(27-22(26-17)16-5-7-18(8-6-16)30(31)32)28-10-12-29(13-11-28)35(33,34)20-15-25-23-19(20)4-3-9-24-23/h3-9,14-15H,2,10-13H2,1H3,(H,24,25). The number of H-pyrrole nitrogens is 1. The molecule has 1 saturated heterocycles. The lowest BCUT2D eigenvalue weighted by Gasteiger charge is -2.34. The molecule has 12 heteroatoms. The third kappa shape index (κ3) is 4.33. The molecular formula is C23H23N7O4S. The van der Waals surface area contributed by atoms with E-state index < -0.39 is 14.9 Å². The van der Waals surface area contributed by atoms with E-state index in [-0.39, 0.29) is 10.6 Å². The van der Waals surface area contributed by atoms with Gasteiger partial charge in [0.1, 0.15) is 16.4 Å². The second kappa shape index (κ2) is 9.04. The Bertz CT molecular complexity index is 1490. The van der Waals surface area contributed by atoms with Crippen LogP contribution in [0.1, 0.15) is 12.6 Å². The number of piperazine rings is 1. The number of anilines is 1. The molecule has 1 aliphatic heterocycles. The first-order valence-electron chi connectivity index (χ1n) is 11.2. The summed E-state index contributed by atoms with van der Waals surface area (Å²) in [5, 5.41) is 11.5. The number of pyridine rings is 1. The third-order valence-corrected chi connectivity index (χ3v) is 8.00. The van der Waals surface area contributed by atoms with E-state index >= 15 is 0 Å². The number of nitro groups is 1. The smallest absolute Gasteiger partial charge is 0.269 e. The summed E-state index contributed by atoms with van der Waals surface area (Å²) in [5.41, 5.74) is 2.06. The summed E-state index contributed by atoms with van der Waals surface area (Å²) in [7, 11) is -3.68. The normalized spacial score (nSPS) is 14.9. The Morgan fingerprint density at radius 1 is 1.09 bits per heavy atom. The molecule has 0 amide bonds. The van der Waals surface area contributed by atoms with Gasteiger partial charge < -0.3 is 9.88 Å². The van der Waals surface area contributed by atoms with Crippen LogP contribution in [0.15, 0.2) is 59.8 Å². The predicted octanol–water partition coefficient (Wildman–Crippen LogP) is 3.00. The molecule has 0 radical (unpaired) electrons. The van der Waals surface area contributed by atoms with Gasteiger partial charge in [0.15, 0.2) is 5.82 Å². The molecule has 1 aliphatic rings. The van der Waals surface area contributed by atoms with Crippen LogP contribution in [0, 0.1) is 10.1 Å². The minimum Gasteiger partial charge on any atom is -0.354 e. The summed E-state index contributed by atoms with van der Waals surface area (Å²) >= 11 is 0. The highest BCUT2D eigenvalue weighted by molar-refractivity contribution is 7.89. The molecule has 1 N–H and O–H groups in total. The molecule has 35 heavy (non-hydrogen) atoms. The van der Waals surface area contributed by atoms with Crippen LogP contribution in [0.3, 0.4) is 0 Å². The number of nitrogens with one attached hydrogen (secondary N) is 1. The zero-order chi connectivity index (χ0) is 24.6. The number of nitrogens with zero attached hydrogens (tertiary/aromatic N) is 6. The number of aromatic nitrogens is 4. The third-order valence-electron chi connectivity index (χ3n) is 6.06. The van der Waals surface area contributed by atoms with Crippen molar-refractivity contribution in [1.82, 2.24) is 24.2 Å². The highest BCUT2D eigenvalue weighted by Gasteiger charge is 2.31. The van der Waals surface area contributed by atoms with E-state index in [1.54, 1.807) is 30.5 Å². The number of rotatable bonds is 6. The second-order valence-corrected chi connectivity index (χ2v) is 10.0. The van der Waals surface area contributed by atoms with Crippen molar-refractivity contribution >= 4 is 32.6 Å². The van der Waals surface area contributed by atoms with E-state index in [9.17, 15) is 18.5 Å². The zero-order valence-electron chi connectivity index (χ0n) is 19.0. The lowest BCUT2D eigenvalue weighted by molar-refractivity contribution is -0.384. The van der Waals surface area contributed by atoms with Gasteiger partial charge in [0.25, 0.3) is 5.69 Å². The number of aromatic amines is 1. The van der Waals surface area contributed by atoms with Crippen molar-refractivity contribution in [3.05, 3.63) is 70.7 Å². The molecule has 1 aromatic carbocycles. The second-order valence-electron chi connectivity index (χ2n) is 8.14. The number of fused-ring (bicyclic) bond motifs is 1. The van der Waals surface area contributed by atoms with E-state index in [2.05, 4.69) is 15.0 Å². The van der Waals surface area contributed by atoms with Crippen LogP contribution in [0.4, 0.5) is 11.5 Å². The van der Waals surface area contributed by atoms with E-state index in [0.717, 1.165) is 5.69 Å². The summed E-state index contributed by atoms with van der Waals surface area (Å²) in [6.07, 6.45) is 3.80. The molecule has 4 heterocycles. The first kappa shape index (κ1) is 22.9. The molecule has 1 fully saturated rings. The summed E-state index contributed by atoms with van der Waals surface area (Å²) in [4.78, 5) is 29.2. The molecular weight excluding hydrogens is 470 g/mol. The molecule has 11 nitrogen and oxygen atoms in total. The molecule has 5 rings (SSSR count). The van der Waals surface area contributed by atoms with Crippen LogP contribution in [0.2, 0.25) is 0 Å². The maximum atomic E-state index is 13.3. The Kier molecular flexibility index (Phi) is 5.91. The van der Waals surface area contributed by atoms with Gasteiger partial charge >= 0.3 is 0 Å². The fraction of sp³-hybridized carbons (Fsp3) is 0.261. The average molecular weight is 494 g/mol. The van der Waals surface area contributed by atoms with Crippen molar-refractivity contribution in [2.75, 3.05) is 31.1 Å². The quantitative estimate of drug-likeness (QED) is 0.320. The summed E-state index contributed by atoms with van der Waals surface area (Å²) in [5.74, 6) is 1.19. The van der Waals surface area contributed by atoms with Gasteiger partial charge in [-0.1, -0.05) is 6.92 Å². The lowest BCUT2D eigenvalue weighted by Crippen LogP contribution is -2.49. The number of non-ortho nitro benzene ring substituents is 1. The maximum Gasteiger partial charge on any atom is 0.269 e. The van der Waals surface area contributed by atoms with Crippen molar-refractivity contribution in [3.63, 3.8) is 0 Å². The summed E-state index contributed by atoms with van der Waals surface area (Å²) in [6.45, 7) is 3.56. The van der Waals surface area contributed by atoms with Gasteiger partial charge in [0, 0.05) is 73.4 Å². The summed E-state index contributed by atoms with van der Waals surface area (Å²) in [6, 6.07) is 11.5. The average Bonchev–Trinajstić information content (AvgIpc) is 3.34. The molecule has 0 unspecified atom stereocenters. The van der Waals surface area contributed by atoms with Gasteiger partial charge in [-0.25, -0.2) is 23.4 Å². The van der Waals surface area contributed by atoms with E-state index in [1.165, 1.54) is 22.6 Å². The number of nitro benzene ring substituents is 1. The highest BCUT2D eigenvalue weighted by Crippen LogP contribution is 2.27. The number of hydrogen-bond donors (Lipinski definition) is 1. The first-order chi connectivity index (χ1) is 16.9. The van der Waals surface area contributed by atoms with E-state index in [1.807, 2.05) is 17.9 Å². The van der Waals surface area contributed by atoms with Gasteiger partial charge in [-0.15, -0.1) is 0 Å². The monoisotopic (exact) mass is 493 g/mol. The minimum absolute atomic E-state index is 0.00364. The molecule has 0 spiro atoms. The number of aryl methyl sites for hydroxylation is 1. The first-order valence-corrected chi connectivity index (χ1v) is 12.6. The van der Waals surface area contributed by atoms with Crippen LogP contribution in [0.5, 0.6) is 0 Å². The molecule has 4 aromatic rings. The number of sulfonamides is 1. The maximum absolute atomic E-state index is 13.3. The Labute approximate surface area is 201 Å². The van der Waals surface area contributed by atoms with Crippen LogP contribution in [0.25, 0.3) is 22.4 Å². The van der Waals surface area contributed by atoms with Crippen molar-refractivity contribution in [3.8, 4) is 11.4 Å². The van der Waals surface area contributed by atoms with Gasteiger partial charge in [-0.05, 0) is 30.7 Å². The summed E-state index contributed by atoms with van der Waals surface area (Å²) < 4.78 is 28.1. The van der Waals surface area contributed by atoms with Crippen molar-refractivity contribution < 1.29 is 13.3 Å². The van der Waals surface area contributed by atoms with E-state index in [0.29, 0.717) is 60.8 Å². The molecule has 3 aromatic heterocycles. The van der Waals surface area contributed by atoms with Crippen molar-refractivity contribution in [2.24, 2.45) is 0 Å². The minimum atomic E-state index is -3.68. The van der Waals surface area contributed by atoms with Crippen molar-refractivity contribution in [2.45, 2.75) is 18.2 Å². The fourth-order valence-electron chi connectivity index (χ4n) is 4.13. The van der Waals surface area contributed by atoms with Crippen LogP contribution in [-0.4, -0.2) is 63.8 Å². The molecule has 0 saturated carbocycles. The van der Waals surface area contributed by atoms with Crippen molar-refractivity contribution in [1.29, 1.82) is 0 Å².